The Kier molecular flexibility index (Phi) is 5.71. The lowest BCUT2D eigenvalue weighted by molar-refractivity contribution is 0.0697. The third kappa shape index (κ3) is 4.36. The highest BCUT2D eigenvalue weighted by molar-refractivity contribution is 5.89. The van der Waals surface area contributed by atoms with E-state index in [1.54, 1.807) is 30.5 Å². The van der Waals surface area contributed by atoms with Crippen molar-refractivity contribution in [2.24, 2.45) is 5.10 Å². The molecule has 4 aromatic rings. The predicted molar refractivity (Wildman–Crippen MR) is 113 cm³/mol. The maximum Gasteiger partial charge on any atom is 0.335 e. The van der Waals surface area contributed by atoms with Gasteiger partial charge in [-0.3, -0.25) is 5.43 Å². The van der Waals surface area contributed by atoms with Crippen LogP contribution >= 0.6 is 0 Å². The molecule has 0 bridgehead atoms. The third-order valence-corrected chi connectivity index (χ3v) is 4.57. The molecule has 0 radical (unpaired) electrons. The van der Waals surface area contributed by atoms with Crippen LogP contribution in [0.1, 0.15) is 15.9 Å². The molecule has 160 valence electrons. The number of nitrogens with one attached hydrogen (secondary N) is 1. The molecule has 0 aliphatic carbocycles. The smallest absolute Gasteiger partial charge is 0.335 e. The van der Waals surface area contributed by atoms with Crippen molar-refractivity contribution in [3.8, 4) is 16.9 Å². The molecule has 0 unspecified atom stereocenters. The Bertz CT molecular complexity index is 1320. The molecule has 6 nitrogen and oxygen atoms in total. The van der Waals surface area contributed by atoms with Crippen molar-refractivity contribution in [1.29, 1.82) is 0 Å². The van der Waals surface area contributed by atoms with Crippen molar-refractivity contribution in [1.82, 2.24) is 9.78 Å². The van der Waals surface area contributed by atoms with Gasteiger partial charge < -0.3 is 5.11 Å². The van der Waals surface area contributed by atoms with Crippen LogP contribution < -0.4 is 5.43 Å². The number of rotatable bonds is 6. The van der Waals surface area contributed by atoms with Gasteiger partial charge in [-0.05, 0) is 48.5 Å². The summed E-state index contributed by atoms with van der Waals surface area (Å²) in [6, 6.07) is 15.0. The summed E-state index contributed by atoms with van der Waals surface area (Å²) >= 11 is 0. The summed E-state index contributed by atoms with van der Waals surface area (Å²) in [4.78, 5) is 11.1. The second-order valence-electron chi connectivity index (χ2n) is 6.70. The quantitative estimate of drug-likeness (QED) is 0.326. The van der Waals surface area contributed by atoms with Gasteiger partial charge in [0.25, 0.3) is 0 Å². The molecule has 0 aliphatic rings. The van der Waals surface area contributed by atoms with Crippen molar-refractivity contribution >= 4 is 17.9 Å². The molecule has 0 saturated heterocycles. The number of nitrogens with zero attached hydrogens (tertiary/aromatic N) is 3. The maximum absolute atomic E-state index is 14.4. The van der Waals surface area contributed by atoms with Crippen LogP contribution in [0.25, 0.3) is 16.9 Å². The second kappa shape index (κ2) is 8.76. The fourth-order valence-electron chi connectivity index (χ4n) is 2.98. The molecule has 1 heterocycles. The Morgan fingerprint density at radius 1 is 1.00 bits per heavy atom. The van der Waals surface area contributed by atoms with Gasteiger partial charge in [0.05, 0.1) is 23.2 Å². The molecule has 0 saturated carbocycles. The first-order valence-electron chi connectivity index (χ1n) is 9.35. The monoisotopic (exact) mass is 436 g/mol. The molecular weight excluding hydrogens is 421 g/mol. The zero-order valence-electron chi connectivity index (χ0n) is 16.3. The number of benzene rings is 3. The van der Waals surface area contributed by atoms with E-state index in [2.05, 4.69) is 15.6 Å². The van der Waals surface area contributed by atoms with Gasteiger partial charge in [-0.1, -0.05) is 12.1 Å². The van der Waals surface area contributed by atoms with Crippen molar-refractivity contribution < 1.29 is 23.1 Å². The molecule has 0 amide bonds. The standard InChI is InChI=1S/C23H15F3N4O2/c24-16-7-10-18(20(26)11-16)22-15(12-27-28-21-4-2-1-3-19(21)25)13-30(29-22)17-8-5-14(6-9-17)23(31)32/h1-13,28H,(H,31,32)/b27-12+. The van der Waals surface area contributed by atoms with E-state index in [1.165, 1.54) is 41.2 Å². The first-order chi connectivity index (χ1) is 15.4. The number of hydrogen-bond acceptors (Lipinski definition) is 4. The Labute approximate surface area is 180 Å². The lowest BCUT2D eigenvalue weighted by Crippen LogP contribution is -1.99. The first kappa shape index (κ1) is 20.9. The van der Waals surface area contributed by atoms with E-state index >= 15 is 0 Å². The van der Waals surface area contributed by atoms with Gasteiger partial charge in [0, 0.05) is 23.4 Å². The maximum atomic E-state index is 14.4. The van der Waals surface area contributed by atoms with Crippen molar-refractivity contribution in [3.63, 3.8) is 0 Å². The summed E-state index contributed by atoms with van der Waals surface area (Å²) in [6.45, 7) is 0. The van der Waals surface area contributed by atoms with Gasteiger partial charge in [-0.25, -0.2) is 22.6 Å². The minimum Gasteiger partial charge on any atom is -0.478 e. The van der Waals surface area contributed by atoms with E-state index in [0.717, 1.165) is 12.1 Å². The zero-order valence-corrected chi connectivity index (χ0v) is 16.3. The first-order valence-corrected chi connectivity index (χ1v) is 9.35. The zero-order chi connectivity index (χ0) is 22.7. The average Bonchev–Trinajstić information content (AvgIpc) is 3.19. The average molecular weight is 436 g/mol. The predicted octanol–water partition coefficient (Wildman–Crippen LogP) is 5.10. The summed E-state index contributed by atoms with van der Waals surface area (Å²) in [6.07, 6.45) is 2.88. The van der Waals surface area contributed by atoms with E-state index in [9.17, 15) is 18.0 Å². The Morgan fingerprint density at radius 3 is 2.44 bits per heavy atom. The highest BCUT2D eigenvalue weighted by atomic mass is 19.1. The van der Waals surface area contributed by atoms with E-state index < -0.39 is 23.4 Å². The highest BCUT2D eigenvalue weighted by Crippen LogP contribution is 2.26. The molecule has 0 atom stereocenters. The van der Waals surface area contributed by atoms with Gasteiger partial charge in [0.15, 0.2) is 0 Å². The lowest BCUT2D eigenvalue weighted by Gasteiger charge is -2.03. The highest BCUT2D eigenvalue weighted by Gasteiger charge is 2.16. The summed E-state index contributed by atoms with van der Waals surface area (Å²) < 4.78 is 43.0. The normalized spacial score (nSPS) is 11.1. The Hall–Kier alpha value is -4.40. The van der Waals surface area contributed by atoms with Crippen LogP contribution in [0.4, 0.5) is 18.9 Å². The Morgan fingerprint density at radius 2 is 1.75 bits per heavy atom. The van der Waals surface area contributed by atoms with Crippen molar-refractivity contribution in [2.45, 2.75) is 0 Å². The number of carboxylic acid groups (broad SMARTS) is 1. The molecule has 0 spiro atoms. The van der Waals surface area contributed by atoms with Crippen molar-refractivity contribution in [2.75, 3.05) is 5.43 Å². The van der Waals surface area contributed by atoms with Gasteiger partial charge in [0.1, 0.15) is 23.1 Å². The van der Waals surface area contributed by atoms with Crippen molar-refractivity contribution in [3.05, 3.63) is 102 Å². The van der Waals surface area contributed by atoms with Crippen LogP contribution in [0.2, 0.25) is 0 Å². The molecule has 1 aromatic heterocycles. The molecule has 9 heteroatoms. The molecule has 0 fully saturated rings. The lowest BCUT2D eigenvalue weighted by atomic mass is 10.1. The SMILES string of the molecule is O=C(O)c1ccc(-n2cc(/C=N/Nc3ccccc3F)c(-c3ccc(F)cc3F)n2)cc1. The number of carboxylic acids is 1. The van der Waals surface area contributed by atoms with E-state index in [1.807, 2.05) is 0 Å². The van der Waals surface area contributed by atoms with Crippen LogP contribution in [-0.4, -0.2) is 27.1 Å². The molecule has 2 N–H and O–H groups in total. The summed E-state index contributed by atoms with van der Waals surface area (Å²) in [5.74, 6) is -3.11. The van der Waals surface area contributed by atoms with E-state index in [4.69, 9.17) is 5.11 Å². The number of carbonyl (C=O) groups is 1. The van der Waals surface area contributed by atoms with Crippen LogP contribution in [0.3, 0.4) is 0 Å². The molecule has 0 aliphatic heterocycles. The fourth-order valence-corrected chi connectivity index (χ4v) is 2.98. The van der Waals surface area contributed by atoms with Gasteiger partial charge in [-0.2, -0.15) is 10.2 Å². The summed E-state index contributed by atoms with van der Waals surface area (Å²) in [5, 5.41) is 17.4. The van der Waals surface area contributed by atoms with Crippen LogP contribution in [0, 0.1) is 17.5 Å². The number of halogens is 3. The van der Waals surface area contributed by atoms with Gasteiger partial charge >= 0.3 is 5.97 Å². The van der Waals surface area contributed by atoms with E-state index in [0.29, 0.717) is 11.3 Å². The second-order valence-corrected chi connectivity index (χ2v) is 6.70. The fraction of sp³-hybridized carbons (Fsp3) is 0. The molecular formula is C23H15F3N4O2. The third-order valence-electron chi connectivity index (χ3n) is 4.57. The van der Waals surface area contributed by atoms with Crippen LogP contribution in [0.15, 0.2) is 78.0 Å². The number of para-hydroxylation sites is 1. The topological polar surface area (TPSA) is 79.5 Å². The summed E-state index contributed by atoms with van der Waals surface area (Å²) in [5.41, 5.74) is 3.91. The van der Waals surface area contributed by atoms with Crippen LogP contribution in [0.5, 0.6) is 0 Å². The number of aromatic nitrogens is 2. The van der Waals surface area contributed by atoms with E-state index in [-0.39, 0.29) is 22.5 Å². The van der Waals surface area contributed by atoms with Gasteiger partial charge in [0.2, 0.25) is 0 Å². The largest absolute Gasteiger partial charge is 0.478 e. The number of hydrazone groups is 1. The number of hydrogen-bond donors (Lipinski definition) is 2. The molecule has 32 heavy (non-hydrogen) atoms. The minimum atomic E-state index is -1.07. The minimum absolute atomic E-state index is 0.0413. The summed E-state index contributed by atoms with van der Waals surface area (Å²) in [7, 11) is 0. The van der Waals surface area contributed by atoms with Gasteiger partial charge in [-0.15, -0.1) is 0 Å². The number of aromatic carboxylic acids is 1. The molecule has 4 rings (SSSR count). The molecule has 3 aromatic carbocycles. The Balaban J connectivity index is 1.73. The number of anilines is 1. The van der Waals surface area contributed by atoms with Crippen LogP contribution in [-0.2, 0) is 0 Å².